The zero-order valence-corrected chi connectivity index (χ0v) is 11.8. The van der Waals surface area contributed by atoms with E-state index < -0.39 is 0 Å². The Labute approximate surface area is 106 Å². The minimum absolute atomic E-state index is 0. The molecule has 0 heterocycles. The van der Waals surface area contributed by atoms with Crippen LogP contribution in [0.4, 0.5) is 0 Å². The summed E-state index contributed by atoms with van der Waals surface area (Å²) in [4.78, 5) is 0. The molecule has 0 aliphatic heterocycles. The Morgan fingerprint density at radius 3 is 1.88 bits per heavy atom. The van der Waals surface area contributed by atoms with Gasteiger partial charge in [0.1, 0.15) is 0 Å². The van der Waals surface area contributed by atoms with E-state index in [0.717, 1.165) is 6.54 Å². The molecule has 1 nitrogen and oxygen atoms in total. The van der Waals surface area contributed by atoms with E-state index >= 15 is 0 Å². The van der Waals surface area contributed by atoms with E-state index in [1.165, 1.54) is 5.56 Å². The molecule has 2 heteroatoms. The fraction of sp³-hybridized carbons (Fsp3) is 0.571. The van der Waals surface area contributed by atoms with Crippen molar-refractivity contribution in [3.63, 3.8) is 0 Å². The molecule has 0 aliphatic rings. The molecule has 0 amide bonds. The molecule has 1 aromatic rings. The zero-order valence-electron chi connectivity index (χ0n) is 11.0. The first-order valence-corrected chi connectivity index (χ1v) is 5.62. The number of hydrogen-bond donors (Lipinski definition) is 1. The molecule has 0 bridgehead atoms. The van der Waals surface area contributed by atoms with Crippen LogP contribution in [0.5, 0.6) is 0 Å². The summed E-state index contributed by atoms with van der Waals surface area (Å²) in [6.45, 7) is 12.3. The van der Waals surface area contributed by atoms with Crippen molar-refractivity contribution in [2.24, 2.45) is 5.41 Å². The molecule has 16 heavy (non-hydrogen) atoms. The number of halogens is 1. The van der Waals surface area contributed by atoms with Crippen LogP contribution in [0.2, 0.25) is 0 Å². The summed E-state index contributed by atoms with van der Waals surface area (Å²) in [7, 11) is 0. The third kappa shape index (κ3) is 4.15. The van der Waals surface area contributed by atoms with E-state index in [2.05, 4.69) is 70.3 Å². The van der Waals surface area contributed by atoms with Gasteiger partial charge in [-0.15, -0.1) is 12.4 Å². The third-order valence-corrected chi connectivity index (χ3v) is 3.45. The predicted molar refractivity (Wildman–Crippen MR) is 74.1 cm³/mol. The van der Waals surface area contributed by atoms with Crippen molar-refractivity contribution < 1.29 is 0 Å². The lowest BCUT2D eigenvalue weighted by Crippen LogP contribution is -2.49. The lowest BCUT2D eigenvalue weighted by molar-refractivity contribution is 0.175. The first-order chi connectivity index (χ1) is 6.83. The van der Waals surface area contributed by atoms with Crippen molar-refractivity contribution in [2.75, 3.05) is 0 Å². The van der Waals surface area contributed by atoms with Crippen LogP contribution in [0.3, 0.4) is 0 Å². The van der Waals surface area contributed by atoms with Gasteiger partial charge in [0.25, 0.3) is 0 Å². The quantitative estimate of drug-likeness (QED) is 0.843. The van der Waals surface area contributed by atoms with Crippen LogP contribution >= 0.6 is 12.4 Å². The van der Waals surface area contributed by atoms with E-state index in [9.17, 15) is 0 Å². The average Bonchev–Trinajstić information content (AvgIpc) is 2.15. The third-order valence-electron chi connectivity index (χ3n) is 3.45. The molecule has 1 N–H and O–H groups in total. The lowest BCUT2D eigenvalue weighted by atomic mass is 9.76. The van der Waals surface area contributed by atoms with Gasteiger partial charge in [-0.3, -0.25) is 0 Å². The maximum Gasteiger partial charge on any atom is 0.0210 e. The second kappa shape index (κ2) is 5.70. The highest BCUT2D eigenvalue weighted by atomic mass is 35.5. The maximum atomic E-state index is 3.62. The summed E-state index contributed by atoms with van der Waals surface area (Å²) in [6, 6.07) is 10.5. The van der Waals surface area contributed by atoms with Crippen molar-refractivity contribution in [1.82, 2.24) is 5.32 Å². The fourth-order valence-electron chi connectivity index (χ4n) is 1.18. The molecule has 0 spiro atoms. The van der Waals surface area contributed by atoms with Gasteiger partial charge in [0.05, 0.1) is 0 Å². The van der Waals surface area contributed by atoms with Crippen molar-refractivity contribution in [3.05, 3.63) is 35.9 Å². The van der Waals surface area contributed by atoms with Crippen LogP contribution in [0.15, 0.2) is 30.3 Å². The standard InChI is InChI=1S/C14H23N.ClH/c1-13(2,3)14(4,5)15-11-12-9-7-6-8-10-12;/h6-10,15H,11H2,1-5H3;1H. The van der Waals surface area contributed by atoms with Crippen LogP contribution in [0.1, 0.15) is 40.2 Å². The largest absolute Gasteiger partial charge is 0.307 e. The first kappa shape index (κ1) is 15.5. The van der Waals surface area contributed by atoms with E-state index in [0.29, 0.717) is 0 Å². The van der Waals surface area contributed by atoms with Gasteiger partial charge in [-0.25, -0.2) is 0 Å². The summed E-state index contributed by atoms with van der Waals surface area (Å²) in [5.74, 6) is 0. The molecular weight excluding hydrogens is 218 g/mol. The average molecular weight is 242 g/mol. The lowest BCUT2D eigenvalue weighted by Gasteiger charge is -2.40. The smallest absolute Gasteiger partial charge is 0.0210 e. The Kier molecular flexibility index (Phi) is 5.51. The number of benzene rings is 1. The molecule has 0 fully saturated rings. The van der Waals surface area contributed by atoms with Crippen molar-refractivity contribution >= 4 is 12.4 Å². The predicted octanol–water partition coefficient (Wildman–Crippen LogP) is 4.02. The molecular formula is C14H24ClN. The van der Waals surface area contributed by atoms with Gasteiger partial charge in [0.2, 0.25) is 0 Å². The number of rotatable bonds is 3. The van der Waals surface area contributed by atoms with Gasteiger partial charge in [0, 0.05) is 12.1 Å². The molecule has 0 radical (unpaired) electrons. The molecule has 0 unspecified atom stereocenters. The molecule has 92 valence electrons. The van der Waals surface area contributed by atoms with Gasteiger partial charge >= 0.3 is 0 Å². The molecule has 0 aliphatic carbocycles. The van der Waals surface area contributed by atoms with Crippen molar-refractivity contribution in [1.29, 1.82) is 0 Å². The van der Waals surface area contributed by atoms with Gasteiger partial charge in [-0.05, 0) is 24.8 Å². The van der Waals surface area contributed by atoms with Crippen molar-refractivity contribution in [2.45, 2.75) is 46.7 Å². The molecule has 0 saturated heterocycles. The topological polar surface area (TPSA) is 12.0 Å². The Morgan fingerprint density at radius 2 is 1.44 bits per heavy atom. The second-order valence-corrected chi connectivity index (χ2v) is 5.71. The van der Waals surface area contributed by atoms with Crippen LogP contribution in [0, 0.1) is 5.41 Å². The van der Waals surface area contributed by atoms with E-state index in [-0.39, 0.29) is 23.4 Å². The van der Waals surface area contributed by atoms with Gasteiger partial charge in [-0.1, -0.05) is 51.1 Å². The molecule has 0 saturated carbocycles. The fourth-order valence-corrected chi connectivity index (χ4v) is 1.18. The zero-order chi connectivity index (χ0) is 11.5. The van der Waals surface area contributed by atoms with E-state index in [4.69, 9.17) is 0 Å². The summed E-state index contributed by atoms with van der Waals surface area (Å²) in [5, 5.41) is 3.62. The maximum absolute atomic E-state index is 3.62. The molecule has 0 atom stereocenters. The van der Waals surface area contributed by atoms with Crippen molar-refractivity contribution in [3.8, 4) is 0 Å². The summed E-state index contributed by atoms with van der Waals surface area (Å²) < 4.78 is 0. The summed E-state index contributed by atoms with van der Waals surface area (Å²) >= 11 is 0. The SMILES string of the molecule is CC(C)(C)C(C)(C)NCc1ccccc1.Cl. The highest BCUT2D eigenvalue weighted by Crippen LogP contribution is 2.29. The van der Waals surface area contributed by atoms with Crippen LogP contribution in [-0.2, 0) is 6.54 Å². The van der Waals surface area contributed by atoms with Crippen LogP contribution in [-0.4, -0.2) is 5.54 Å². The van der Waals surface area contributed by atoms with Crippen LogP contribution in [0.25, 0.3) is 0 Å². The minimum atomic E-state index is 0. The van der Waals surface area contributed by atoms with Crippen LogP contribution < -0.4 is 5.32 Å². The van der Waals surface area contributed by atoms with Gasteiger partial charge in [0.15, 0.2) is 0 Å². The van der Waals surface area contributed by atoms with Gasteiger partial charge < -0.3 is 5.32 Å². The number of nitrogens with one attached hydrogen (secondary N) is 1. The molecule has 1 rings (SSSR count). The molecule has 0 aromatic heterocycles. The highest BCUT2D eigenvalue weighted by molar-refractivity contribution is 5.85. The second-order valence-electron chi connectivity index (χ2n) is 5.71. The van der Waals surface area contributed by atoms with E-state index in [1.807, 2.05) is 0 Å². The first-order valence-electron chi connectivity index (χ1n) is 5.62. The Bertz CT molecular complexity index is 298. The normalized spacial score (nSPS) is 12.1. The minimum Gasteiger partial charge on any atom is -0.307 e. The number of hydrogen-bond acceptors (Lipinski definition) is 1. The highest BCUT2D eigenvalue weighted by Gasteiger charge is 2.31. The van der Waals surface area contributed by atoms with E-state index in [1.54, 1.807) is 0 Å². The Hall–Kier alpha value is -0.530. The Balaban J connectivity index is 0.00000225. The summed E-state index contributed by atoms with van der Waals surface area (Å²) in [6.07, 6.45) is 0. The summed E-state index contributed by atoms with van der Waals surface area (Å²) in [5.41, 5.74) is 1.75. The monoisotopic (exact) mass is 241 g/mol. The molecule has 1 aromatic carbocycles. The van der Waals surface area contributed by atoms with Gasteiger partial charge in [-0.2, -0.15) is 0 Å². The Morgan fingerprint density at radius 1 is 0.938 bits per heavy atom.